The molecule has 2 saturated carbocycles. The number of unbranched alkanes of at least 4 members (excludes halogenated alkanes) is 2. The average Bonchev–Trinajstić information content (AvgIpc) is 2.87. The highest BCUT2D eigenvalue weighted by Crippen LogP contribution is 2.66. The quantitative estimate of drug-likeness (QED) is 0.523. The highest BCUT2D eigenvalue weighted by Gasteiger charge is 2.62. The fourth-order valence-electron chi connectivity index (χ4n) is 4.87. The largest absolute Gasteiger partial charge is 0.462 e. The van der Waals surface area contributed by atoms with E-state index in [9.17, 15) is 4.79 Å². The Hall–Kier alpha value is -0.570. The molecule has 2 aliphatic carbocycles. The number of ether oxygens (including phenoxy) is 1. The molecular weight excluding hydrogens is 298 g/mol. The first-order valence-corrected chi connectivity index (χ1v) is 10.3. The summed E-state index contributed by atoms with van der Waals surface area (Å²) < 4.78 is 5.98. The van der Waals surface area contributed by atoms with E-state index in [1.807, 2.05) is 0 Å². The zero-order valence-corrected chi connectivity index (χ0v) is 16.7. The lowest BCUT2D eigenvalue weighted by atomic mass is 9.70. The Morgan fingerprint density at radius 1 is 1.08 bits per heavy atom. The Morgan fingerprint density at radius 3 is 2.17 bits per heavy atom. The van der Waals surface area contributed by atoms with Gasteiger partial charge in [0.25, 0.3) is 0 Å². The summed E-state index contributed by atoms with van der Waals surface area (Å²) in [6.07, 6.45) is 9.13. The van der Waals surface area contributed by atoms with Crippen molar-refractivity contribution in [2.75, 3.05) is 19.6 Å². The molecule has 0 unspecified atom stereocenters. The van der Waals surface area contributed by atoms with Crippen LogP contribution in [-0.2, 0) is 9.53 Å². The van der Waals surface area contributed by atoms with Crippen LogP contribution in [0.15, 0.2) is 0 Å². The molecule has 0 saturated heterocycles. The maximum atomic E-state index is 12.4. The molecule has 0 aromatic carbocycles. The van der Waals surface area contributed by atoms with Crippen LogP contribution in [0.4, 0.5) is 0 Å². The number of carbonyl (C=O) groups is 1. The van der Waals surface area contributed by atoms with Gasteiger partial charge in [-0.05, 0) is 56.5 Å². The maximum absolute atomic E-state index is 12.4. The lowest BCUT2D eigenvalue weighted by Crippen LogP contribution is -2.39. The van der Waals surface area contributed by atoms with E-state index < -0.39 is 0 Å². The van der Waals surface area contributed by atoms with E-state index in [-0.39, 0.29) is 17.5 Å². The first kappa shape index (κ1) is 19.8. The second kappa shape index (κ2) is 8.21. The van der Waals surface area contributed by atoms with Crippen LogP contribution in [-0.4, -0.2) is 36.6 Å². The second-order valence-electron chi connectivity index (χ2n) is 8.89. The molecule has 2 rings (SSSR count). The van der Waals surface area contributed by atoms with Gasteiger partial charge in [0.2, 0.25) is 0 Å². The monoisotopic (exact) mass is 337 g/mol. The zero-order chi connectivity index (χ0) is 17.8. The summed E-state index contributed by atoms with van der Waals surface area (Å²) in [5, 5.41) is 0. The molecule has 0 aromatic heterocycles. The molecule has 2 aliphatic rings. The van der Waals surface area contributed by atoms with E-state index in [2.05, 4.69) is 39.5 Å². The van der Waals surface area contributed by atoms with Crippen molar-refractivity contribution in [2.45, 2.75) is 92.1 Å². The Labute approximate surface area is 149 Å². The molecule has 0 aliphatic heterocycles. The zero-order valence-electron chi connectivity index (χ0n) is 16.7. The number of nitrogens with zero attached hydrogens (tertiary/aromatic N) is 1. The minimum atomic E-state index is 0.0163. The SMILES string of the molecule is CCCCN(CCCC)CCC(=O)O[C@@H]1C[C@@H]2CC[C@@]1(C)C2(C)C. The van der Waals surface area contributed by atoms with Gasteiger partial charge >= 0.3 is 5.97 Å². The fraction of sp³-hybridized carbons (Fsp3) is 0.952. The summed E-state index contributed by atoms with van der Waals surface area (Å²) in [6.45, 7) is 14.6. The first-order valence-electron chi connectivity index (χ1n) is 10.3. The molecule has 3 atom stereocenters. The van der Waals surface area contributed by atoms with Gasteiger partial charge in [-0.3, -0.25) is 4.79 Å². The summed E-state index contributed by atoms with van der Waals surface area (Å²) >= 11 is 0. The van der Waals surface area contributed by atoms with Crippen LogP contribution in [0.2, 0.25) is 0 Å². The smallest absolute Gasteiger partial charge is 0.307 e. The van der Waals surface area contributed by atoms with Crippen LogP contribution in [0.5, 0.6) is 0 Å². The third kappa shape index (κ3) is 3.98. The molecule has 140 valence electrons. The van der Waals surface area contributed by atoms with Crippen molar-refractivity contribution in [2.24, 2.45) is 16.7 Å². The standard InChI is InChI=1S/C21H39NO2/c1-6-8-13-22(14-9-7-2)15-11-19(23)24-18-16-17-10-12-21(18,5)20(17,3)4/h17-18H,6-16H2,1-5H3/t17-,18+,21+/m0/s1. The molecular formula is C21H39NO2. The van der Waals surface area contributed by atoms with Gasteiger partial charge in [0.1, 0.15) is 6.10 Å². The van der Waals surface area contributed by atoms with Gasteiger partial charge in [0, 0.05) is 12.0 Å². The molecule has 3 heteroatoms. The Kier molecular flexibility index (Phi) is 6.75. The van der Waals surface area contributed by atoms with Crippen molar-refractivity contribution in [3.63, 3.8) is 0 Å². The predicted molar refractivity (Wildman–Crippen MR) is 100.0 cm³/mol. The third-order valence-corrected chi connectivity index (χ3v) is 7.28. The molecule has 0 amide bonds. The Morgan fingerprint density at radius 2 is 1.71 bits per heavy atom. The van der Waals surface area contributed by atoms with Crippen molar-refractivity contribution in [3.8, 4) is 0 Å². The van der Waals surface area contributed by atoms with Crippen LogP contribution < -0.4 is 0 Å². The number of fused-ring (bicyclic) bond motifs is 2. The van der Waals surface area contributed by atoms with Gasteiger partial charge in [-0.1, -0.05) is 47.5 Å². The Bertz CT molecular complexity index is 412. The molecule has 0 heterocycles. The minimum Gasteiger partial charge on any atom is -0.462 e. The maximum Gasteiger partial charge on any atom is 0.307 e. The number of hydrogen-bond acceptors (Lipinski definition) is 3. The van der Waals surface area contributed by atoms with Crippen LogP contribution in [0.1, 0.15) is 86.0 Å². The number of rotatable bonds is 10. The lowest BCUT2D eigenvalue weighted by molar-refractivity contribution is -0.157. The van der Waals surface area contributed by atoms with E-state index in [4.69, 9.17) is 4.74 Å². The van der Waals surface area contributed by atoms with Gasteiger partial charge in [-0.25, -0.2) is 0 Å². The third-order valence-electron chi connectivity index (χ3n) is 7.28. The highest BCUT2D eigenvalue weighted by atomic mass is 16.5. The van der Waals surface area contributed by atoms with Gasteiger partial charge in [-0.15, -0.1) is 0 Å². The summed E-state index contributed by atoms with van der Waals surface area (Å²) in [7, 11) is 0. The van der Waals surface area contributed by atoms with E-state index in [1.54, 1.807) is 0 Å². The minimum absolute atomic E-state index is 0.0163. The van der Waals surface area contributed by atoms with Gasteiger partial charge < -0.3 is 9.64 Å². The lowest BCUT2D eigenvalue weighted by Gasteiger charge is -2.38. The van der Waals surface area contributed by atoms with Crippen LogP contribution in [0.25, 0.3) is 0 Å². The second-order valence-corrected chi connectivity index (χ2v) is 8.89. The highest BCUT2D eigenvalue weighted by molar-refractivity contribution is 5.70. The van der Waals surface area contributed by atoms with Crippen molar-refractivity contribution >= 4 is 5.97 Å². The summed E-state index contributed by atoms with van der Waals surface area (Å²) in [5.74, 6) is 0.744. The number of esters is 1. The Balaban J connectivity index is 1.80. The topological polar surface area (TPSA) is 29.5 Å². The fourth-order valence-corrected chi connectivity index (χ4v) is 4.87. The van der Waals surface area contributed by atoms with Crippen LogP contribution in [0, 0.1) is 16.7 Å². The van der Waals surface area contributed by atoms with Crippen molar-refractivity contribution in [3.05, 3.63) is 0 Å². The molecule has 2 fully saturated rings. The molecule has 24 heavy (non-hydrogen) atoms. The van der Waals surface area contributed by atoms with Crippen LogP contribution in [0.3, 0.4) is 0 Å². The summed E-state index contributed by atoms with van der Waals surface area (Å²) in [4.78, 5) is 14.9. The van der Waals surface area contributed by atoms with Gasteiger partial charge in [-0.2, -0.15) is 0 Å². The van der Waals surface area contributed by atoms with Gasteiger partial charge in [0.15, 0.2) is 0 Å². The first-order chi connectivity index (χ1) is 11.3. The van der Waals surface area contributed by atoms with E-state index in [0.29, 0.717) is 11.8 Å². The van der Waals surface area contributed by atoms with Crippen molar-refractivity contribution in [1.82, 2.24) is 4.90 Å². The molecule has 0 N–H and O–H groups in total. The molecule has 0 spiro atoms. The van der Waals surface area contributed by atoms with Crippen molar-refractivity contribution < 1.29 is 9.53 Å². The predicted octanol–water partition coefficient (Wildman–Crippen LogP) is 5.04. The number of hydrogen-bond donors (Lipinski definition) is 0. The van der Waals surface area contributed by atoms with Crippen LogP contribution >= 0.6 is 0 Å². The molecule has 0 radical (unpaired) electrons. The van der Waals surface area contributed by atoms with E-state index in [0.717, 1.165) is 32.0 Å². The summed E-state index contributed by atoms with van der Waals surface area (Å²) in [5.41, 5.74) is 0.490. The normalized spacial score (nSPS) is 30.9. The average molecular weight is 338 g/mol. The van der Waals surface area contributed by atoms with E-state index in [1.165, 1.54) is 38.5 Å². The molecule has 0 aromatic rings. The molecule has 2 bridgehead atoms. The molecule has 3 nitrogen and oxygen atoms in total. The summed E-state index contributed by atoms with van der Waals surface area (Å²) in [6, 6.07) is 0. The van der Waals surface area contributed by atoms with Gasteiger partial charge in [0.05, 0.1) is 6.42 Å². The van der Waals surface area contributed by atoms with Crippen molar-refractivity contribution in [1.29, 1.82) is 0 Å². The van der Waals surface area contributed by atoms with E-state index >= 15 is 0 Å². The number of carbonyl (C=O) groups excluding carboxylic acids is 1.